The van der Waals surface area contributed by atoms with Crippen LogP contribution in [0.1, 0.15) is 13.0 Å². The van der Waals surface area contributed by atoms with E-state index in [1.165, 1.54) is 0 Å². The summed E-state index contributed by atoms with van der Waals surface area (Å²) in [6.45, 7) is 3.09. The summed E-state index contributed by atoms with van der Waals surface area (Å²) >= 11 is 3.45. The van der Waals surface area contributed by atoms with Gasteiger partial charge in [0, 0.05) is 17.1 Å². The SMILES string of the molecule is CC(CN(C)C)n1c(N)nc2cc(Br)ccc21. The Bertz CT molecular complexity index is 533. The molecule has 1 heterocycles. The van der Waals surface area contributed by atoms with Crippen molar-refractivity contribution in [1.82, 2.24) is 14.5 Å². The molecule has 0 aliphatic carbocycles. The average molecular weight is 297 g/mol. The number of halogens is 1. The van der Waals surface area contributed by atoms with E-state index in [9.17, 15) is 0 Å². The zero-order chi connectivity index (χ0) is 12.6. The summed E-state index contributed by atoms with van der Waals surface area (Å²) in [6, 6.07) is 6.36. The number of hydrogen-bond acceptors (Lipinski definition) is 3. The summed E-state index contributed by atoms with van der Waals surface area (Å²) in [4.78, 5) is 6.54. The number of benzene rings is 1. The molecule has 1 aromatic heterocycles. The number of nitrogen functional groups attached to an aromatic ring is 1. The first-order chi connectivity index (χ1) is 7.99. The lowest BCUT2D eigenvalue weighted by atomic mass is 10.2. The zero-order valence-corrected chi connectivity index (χ0v) is 11.9. The van der Waals surface area contributed by atoms with Crippen LogP contribution >= 0.6 is 15.9 Å². The first kappa shape index (κ1) is 12.4. The first-order valence-electron chi connectivity index (χ1n) is 5.56. The molecule has 1 atom stereocenters. The van der Waals surface area contributed by atoms with Gasteiger partial charge in [-0.25, -0.2) is 4.98 Å². The van der Waals surface area contributed by atoms with Gasteiger partial charge in [-0.1, -0.05) is 15.9 Å². The predicted molar refractivity (Wildman–Crippen MR) is 75.1 cm³/mol. The van der Waals surface area contributed by atoms with Gasteiger partial charge >= 0.3 is 0 Å². The molecule has 0 aliphatic rings. The van der Waals surface area contributed by atoms with Gasteiger partial charge in [0.2, 0.25) is 5.95 Å². The Morgan fingerprint density at radius 2 is 2.18 bits per heavy atom. The molecule has 2 aromatic rings. The van der Waals surface area contributed by atoms with Gasteiger partial charge in [0.15, 0.2) is 0 Å². The van der Waals surface area contributed by atoms with Gasteiger partial charge < -0.3 is 15.2 Å². The quantitative estimate of drug-likeness (QED) is 0.947. The van der Waals surface area contributed by atoms with Gasteiger partial charge in [0.1, 0.15) is 0 Å². The molecule has 4 nitrogen and oxygen atoms in total. The van der Waals surface area contributed by atoms with E-state index in [1.807, 2.05) is 12.1 Å². The molecule has 17 heavy (non-hydrogen) atoms. The molecule has 1 unspecified atom stereocenters. The van der Waals surface area contributed by atoms with Crippen LogP contribution in [-0.2, 0) is 0 Å². The van der Waals surface area contributed by atoms with Crippen LogP contribution in [0, 0.1) is 0 Å². The fourth-order valence-corrected chi connectivity index (χ4v) is 2.51. The lowest BCUT2D eigenvalue weighted by Gasteiger charge is -2.20. The molecule has 2 N–H and O–H groups in total. The maximum atomic E-state index is 6.00. The Labute approximate surface area is 110 Å². The second-order valence-electron chi connectivity index (χ2n) is 4.58. The van der Waals surface area contributed by atoms with Crippen molar-refractivity contribution in [2.75, 3.05) is 26.4 Å². The van der Waals surface area contributed by atoms with Crippen LogP contribution in [0.25, 0.3) is 11.0 Å². The lowest BCUT2D eigenvalue weighted by molar-refractivity contribution is 0.342. The summed E-state index contributed by atoms with van der Waals surface area (Å²) < 4.78 is 3.11. The Kier molecular flexibility index (Phi) is 3.40. The van der Waals surface area contributed by atoms with Crippen LogP contribution in [0.3, 0.4) is 0 Å². The third-order valence-electron chi connectivity index (χ3n) is 2.75. The van der Waals surface area contributed by atoms with Crippen molar-refractivity contribution in [3.8, 4) is 0 Å². The molecule has 0 saturated heterocycles. The van der Waals surface area contributed by atoms with Gasteiger partial charge in [-0.3, -0.25) is 0 Å². The Hall–Kier alpha value is -1.07. The molecule has 1 aromatic carbocycles. The fraction of sp³-hybridized carbons (Fsp3) is 0.417. The minimum Gasteiger partial charge on any atom is -0.369 e. The molecule has 0 fully saturated rings. The highest BCUT2D eigenvalue weighted by Gasteiger charge is 2.14. The predicted octanol–water partition coefficient (Wildman–Crippen LogP) is 2.50. The monoisotopic (exact) mass is 296 g/mol. The van der Waals surface area contributed by atoms with Crippen molar-refractivity contribution in [2.24, 2.45) is 0 Å². The average Bonchev–Trinajstić information content (AvgIpc) is 2.51. The van der Waals surface area contributed by atoms with Crippen molar-refractivity contribution < 1.29 is 0 Å². The number of nitrogens with two attached hydrogens (primary N) is 1. The highest BCUT2D eigenvalue weighted by Crippen LogP contribution is 2.25. The van der Waals surface area contributed by atoms with E-state index < -0.39 is 0 Å². The second kappa shape index (κ2) is 4.66. The number of fused-ring (bicyclic) bond motifs is 1. The zero-order valence-electron chi connectivity index (χ0n) is 10.3. The maximum Gasteiger partial charge on any atom is 0.201 e. The molecule has 0 radical (unpaired) electrons. The van der Waals surface area contributed by atoms with E-state index in [4.69, 9.17) is 5.73 Å². The van der Waals surface area contributed by atoms with Gasteiger partial charge in [0.25, 0.3) is 0 Å². The van der Waals surface area contributed by atoms with E-state index in [2.05, 4.69) is 57.5 Å². The van der Waals surface area contributed by atoms with Crippen LogP contribution < -0.4 is 5.73 Å². The summed E-state index contributed by atoms with van der Waals surface area (Å²) in [5.41, 5.74) is 8.01. The van der Waals surface area contributed by atoms with Crippen LogP contribution in [-0.4, -0.2) is 35.1 Å². The third-order valence-corrected chi connectivity index (χ3v) is 3.24. The van der Waals surface area contributed by atoms with Gasteiger partial charge in [-0.2, -0.15) is 0 Å². The largest absolute Gasteiger partial charge is 0.369 e. The fourth-order valence-electron chi connectivity index (χ4n) is 2.16. The summed E-state index contributed by atoms with van der Waals surface area (Å²) in [6.07, 6.45) is 0. The van der Waals surface area contributed by atoms with Crippen molar-refractivity contribution in [3.63, 3.8) is 0 Å². The van der Waals surface area contributed by atoms with Gasteiger partial charge in [-0.05, 0) is 39.2 Å². The maximum absolute atomic E-state index is 6.00. The number of nitrogens with zero attached hydrogens (tertiary/aromatic N) is 3. The number of imidazole rings is 1. The van der Waals surface area contributed by atoms with Crippen molar-refractivity contribution in [1.29, 1.82) is 0 Å². The molecular formula is C12H17BrN4. The Balaban J connectivity index is 2.49. The molecule has 0 spiro atoms. The van der Waals surface area contributed by atoms with Gasteiger partial charge in [0.05, 0.1) is 11.0 Å². The van der Waals surface area contributed by atoms with E-state index in [0.717, 1.165) is 22.1 Å². The normalized spacial score (nSPS) is 13.5. The van der Waals surface area contributed by atoms with E-state index in [0.29, 0.717) is 12.0 Å². The van der Waals surface area contributed by atoms with Crippen LogP contribution in [0.15, 0.2) is 22.7 Å². The van der Waals surface area contributed by atoms with Crippen molar-refractivity contribution >= 4 is 32.9 Å². The van der Waals surface area contributed by atoms with E-state index in [-0.39, 0.29) is 0 Å². The molecule has 0 bridgehead atoms. The lowest BCUT2D eigenvalue weighted by Crippen LogP contribution is -2.23. The minimum absolute atomic E-state index is 0.302. The smallest absolute Gasteiger partial charge is 0.201 e. The molecule has 92 valence electrons. The second-order valence-corrected chi connectivity index (χ2v) is 5.50. The number of anilines is 1. The molecule has 0 amide bonds. The Morgan fingerprint density at radius 1 is 1.47 bits per heavy atom. The molecule has 0 aliphatic heterocycles. The highest BCUT2D eigenvalue weighted by atomic mass is 79.9. The van der Waals surface area contributed by atoms with Crippen LogP contribution in [0.4, 0.5) is 5.95 Å². The molecular weight excluding hydrogens is 280 g/mol. The van der Waals surface area contributed by atoms with Crippen LogP contribution in [0.2, 0.25) is 0 Å². The standard InChI is InChI=1S/C12H17BrN4/c1-8(7-16(2)3)17-11-5-4-9(13)6-10(11)15-12(17)14/h4-6,8H,7H2,1-3H3,(H2,14,15). The van der Waals surface area contributed by atoms with E-state index >= 15 is 0 Å². The molecule has 0 saturated carbocycles. The number of aromatic nitrogens is 2. The summed E-state index contributed by atoms with van der Waals surface area (Å²) in [7, 11) is 4.12. The summed E-state index contributed by atoms with van der Waals surface area (Å²) in [5, 5.41) is 0. The van der Waals surface area contributed by atoms with Crippen LogP contribution in [0.5, 0.6) is 0 Å². The van der Waals surface area contributed by atoms with Gasteiger partial charge in [-0.15, -0.1) is 0 Å². The number of likely N-dealkylation sites (N-methyl/N-ethyl adjacent to an activating group) is 1. The highest BCUT2D eigenvalue weighted by molar-refractivity contribution is 9.10. The number of hydrogen-bond donors (Lipinski definition) is 1. The minimum atomic E-state index is 0.302. The number of rotatable bonds is 3. The molecule has 5 heteroatoms. The van der Waals surface area contributed by atoms with E-state index in [1.54, 1.807) is 0 Å². The topological polar surface area (TPSA) is 47.1 Å². The summed E-state index contributed by atoms with van der Waals surface area (Å²) in [5.74, 6) is 0.576. The molecule has 2 rings (SSSR count). The van der Waals surface area contributed by atoms with Crippen molar-refractivity contribution in [3.05, 3.63) is 22.7 Å². The first-order valence-corrected chi connectivity index (χ1v) is 6.36. The van der Waals surface area contributed by atoms with Crippen molar-refractivity contribution in [2.45, 2.75) is 13.0 Å². The Morgan fingerprint density at radius 3 is 2.82 bits per heavy atom. The third kappa shape index (κ3) is 2.45.